The number of hydrogen-bond donors (Lipinski definition) is 0. The minimum absolute atomic E-state index is 0. The first-order chi connectivity index (χ1) is 13.5. The highest BCUT2D eigenvalue weighted by Gasteiger charge is 2.57. The van der Waals surface area contributed by atoms with E-state index in [9.17, 15) is 0 Å². The Morgan fingerprint density at radius 2 is 1.73 bits per heavy atom. The second kappa shape index (κ2) is 11.6. The van der Waals surface area contributed by atoms with Crippen LogP contribution in [0.2, 0.25) is 0 Å². The number of rotatable bonds is 5. The summed E-state index contributed by atoms with van der Waals surface area (Å²) in [7, 11) is 0. The molecular weight excluding hydrogens is 360 g/mol. The number of allylic oxidation sites excluding steroid dienone is 2. The van der Waals surface area contributed by atoms with Gasteiger partial charge in [0.1, 0.15) is 0 Å². The van der Waals surface area contributed by atoms with Crippen LogP contribution in [0.3, 0.4) is 0 Å². The third kappa shape index (κ3) is 4.88. The minimum atomic E-state index is 0. The predicted molar refractivity (Wildman–Crippen MR) is 138 cm³/mol. The summed E-state index contributed by atoms with van der Waals surface area (Å²) >= 11 is 0. The molecular formula is C30H58. The van der Waals surface area contributed by atoms with Crippen LogP contribution in [-0.4, -0.2) is 0 Å². The molecule has 0 nitrogen and oxygen atoms in total. The molecule has 0 aromatic heterocycles. The summed E-state index contributed by atoms with van der Waals surface area (Å²) in [6.07, 6.45) is 22.0. The third-order valence-electron chi connectivity index (χ3n) is 10.2. The molecule has 0 bridgehead atoms. The van der Waals surface area contributed by atoms with Crippen LogP contribution in [0.1, 0.15) is 140 Å². The van der Waals surface area contributed by atoms with Crippen LogP contribution in [0.5, 0.6) is 0 Å². The quantitative estimate of drug-likeness (QED) is 0.389. The lowest BCUT2D eigenvalue weighted by atomic mass is 9.47. The van der Waals surface area contributed by atoms with Gasteiger partial charge in [0.15, 0.2) is 0 Å². The molecule has 4 aliphatic rings. The van der Waals surface area contributed by atoms with E-state index >= 15 is 0 Å². The predicted octanol–water partition coefficient (Wildman–Crippen LogP) is 10.5. The van der Waals surface area contributed by atoms with Crippen LogP contribution in [0.4, 0.5) is 0 Å². The standard InChI is InChI=1S/C26H44.C2H6.2CH4/c1-5-19(2)9-8-11-21-13-15-23-22-14-12-20-10-6-7-17-25(20,3)24(22)16-18-26(21,23)4;1-2;;/h12,19,21-24H,5-11,13-18H2,1-4H3;1-2H3;2*1H4. The highest BCUT2D eigenvalue weighted by atomic mass is 14.6. The van der Waals surface area contributed by atoms with E-state index < -0.39 is 0 Å². The fourth-order valence-corrected chi connectivity index (χ4v) is 8.20. The van der Waals surface area contributed by atoms with Gasteiger partial charge in [-0.25, -0.2) is 0 Å². The van der Waals surface area contributed by atoms with E-state index in [1.165, 1.54) is 77.0 Å². The summed E-state index contributed by atoms with van der Waals surface area (Å²) in [6, 6.07) is 0. The summed E-state index contributed by atoms with van der Waals surface area (Å²) in [4.78, 5) is 0. The Kier molecular flexibility index (Phi) is 10.7. The topological polar surface area (TPSA) is 0 Å². The second-order valence-corrected chi connectivity index (χ2v) is 11.2. The highest BCUT2D eigenvalue weighted by Crippen LogP contribution is 2.66. The largest absolute Gasteiger partial charge is 0.0845 e. The van der Waals surface area contributed by atoms with E-state index in [0.717, 1.165) is 29.6 Å². The van der Waals surface area contributed by atoms with Crippen molar-refractivity contribution in [3.05, 3.63) is 11.6 Å². The molecule has 7 atom stereocenters. The normalized spacial score (nSPS) is 40.1. The van der Waals surface area contributed by atoms with E-state index in [-0.39, 0.29) is 14.9 Å². The molecule has 4 rings (SSSR count). The van der Waals surface area contributed by atoms with E-state index in [2.05, 4.69) is 33.8 Å². The molecule has 0 aromatic rings. The van der Waals surface area contributed by atoms with Gasteiger partial charge in [0, 0.05) is 0 Å². The van der Waals surface area contributed by atoms with Crippen LogP contribution in [0.25, 0.3) is 0 Å². The van der Waals surface area contributed by atoms with Gasteiger partial charge in [0.25, 0.3) is 0 Å². The Labute approximate surface area is 192 Å². The average molecular weight is 419 g/mol. The van der Waals surface area contributed by atoms with Gasteiger partial charge in [-0.15, -0.1) is 0 Å². The lowest BCUT2D eigenvalue weighted by Gasteiger charge is -2.57. The van der Waals surface area contributed by atoms with Crippen molar-refractivity contribution in [3.8, 4) is 0 Å². The van der Waals surface area contributed by atoms with Crippen molar-refractivity contribution in [1.82, 2.24) is 0 Å². The van der Waals surface area contributed by atoms with Crippen molar-refractivity contribution < 1.29 is 0 Å². The van der Waals surface area contributed by atoms with E-state index in [1.54, 1.807) is 6.42 Å². The number of fused-ring (bicyclic) bond motifs is 5. The van der Waals surface area contributed by atoms with Gasteiger partial charge in [-0.3, -0.25) is 0 Å². The van der Waals surface area contributed by atoms with Gasteiger partial charge in [0.2, 0.25) is 0 Å². The molecule has 0 saturated heterocycles. The molecule has 0 heteroatoms. The summed E-state index contributed by atoms with van der Waals surface area (Å²) in [5, 5.41) is 0. The van der Waals surface area contributed by atoms with Crippen molar-refractivity contribution >= 4 is 0 Å². The summed E-state index contributed by atoms with van der Waals surface area (Å²) in [6.45, 7) is 14.2. The first kappa shape index (κ1) is 27.8. The molecule has 0 aromatic carbocycles. The van der Waals surface area contributed by atoms with Crippen LogP contribution in [0.15, 0.2) is 11.6 Å². The fourth-order valence-electron chi connectivity index (χ4n) is 8.20. The third-order valence-corrected chi connectivity index (χ3v) is 10.2. The molecule has 0 aliphatic heterocycles. The van der Waals surface area contributed by atoms with E-state index in [4.69, 9.17) is 0 Å². The molecule has 0 radical (unpaired) electrons. The van der Waals surface area contributed by atoms with Crippen LogP contribution < -0.4 is 0 Å². The van der Waals surface area contributed by atoms with Gasteiger partial charge < -0.3 is 0 Å². The fraction of sp³-hybridized carbons (Fsp3) is 0.933. The smallest absolute Gasteiger partial charge is 0.00853 e. The highest BCUT2D eigenvalue weighted by molar-refractivity contribution is 5.24. The Morgan fingerprint density at radius 3 is 2.43 bits per heavy atom. The van der Waals surface area contributed by atoms with Crippen LogP contribution >= 0.6 is 0 Å². The van der Waals surface area contributed by atoms with Crippen molar-refractivity contribution in [1.29, 1.82) is 0 Å². The lowest BCUT2D eigenvalue weighted by Crippen LogP contribution is -2.49. The van der Waals surface area contributed by atoms with E-state index in [1.807, 2.05) is 19.4 Å². The van der Waals surface area contributed by atoms with Crippen molar-refractivity contribution in [2.45, 2.75) is 140 Å². The van der Waals surface area contributed by atoms with E-state index in [0.29, 0.717) is 10.8 Å². The van der Waals surface area contributed by atoms with Crippen molar-refractivity contribution in [2.24, 2.45) is 40.4 Å². The Morgan fingerprint density at radius 1 is 1.00 bits per heavy atom. The molecule has 3 fully saturated rings. The van der Waals surface area contributed by atoms with Gasteiger partial charge in [-0.2, -0.15) is 0 Å². The minimum Gasteiger partial charge on any atom is -0.0845 e. The zero-order valence-electron chi connectivity index (χ0n) is 20.2. The molecule has 3 saturated carbocycles. The molecule has 0 heterocycles. The lowest BCUT2D eigenvalue weighted by molar-refractivity contribution is -0.0426. The van der Waals surface area contributed by atoms with Crippen LogP contribution in [-0.2, 0) is 0 Å². The molecule has 0 N–H and O–H groups in total. The first-order valence-corrected chi connectivity index (χ1v) is 13.2. The summed E-state index contributed by atoms with van der Waals surface area (Å²) < 4.78 is 0. The van der Waals surface area contributed by atoms with Crippen molar-refractivity contribution in [2.75, 3.05) is 0 Å². The maximum atomic E-state index is 2.74. The molecule has 7 unspecified atom stereocenters. The number of hydrogen-bond acceptors (Lipinski definition) is 0. The molecule has 30 heavy (non-hydrogen) atoms. The SMILES string of the molecule is C.C.CC.CCC(C)CCCC1CCC2C3CC=C4CCCCC4(C)C3CCC12C. The van der Waals surface area contributed by atoms with Gasteiger partial charge in [-0.1, -0.05) is 93.7 Å². The zero-order chi connectivity index (χ0) is 20.4. The molecule has 178 valence electrons. The Hall–Kier alpha value is -0.260. The van der Waals surface area contributed by atoms with Crippen LogP contribution in [0, 0.1) is 40.4 Å². The van der Waals surface area contributed by atoms with Crippen molar-refractivity contribution in [3.63, 3.8) is 0 Å². The maximum absolute atomic E-state index is 2.74. The Bertz CT molecular complexity index is 530. The molecule has 4 aliphatic carbocycles. The molecule has 0 spiro atoms. The molecule has 0 amide bonds. The van der Waals surface area contributed by atoms with Gasteiger partial charge in [0.05, 0.1) is 0 Å². The summed E-state index contributed by atoms with van der Waals surface area (Å²) in [5.41, 5.74) is 3.13. The summed E-state index contributed by atoms with van der Waals surface area (Å²) in [5.74, 6) is 5.03. The maximum Gasteiger partial charge on any atom is -0.00853 e. The second-order valence-electron chi connectivity index (χ2n) is 11.2. The monoisotopic (exact) mass is 418 g/mol. The zero-order valence-corrected chi connectivity index (χ0v) is 20.2. The Balaban J connectivity index is 0.00000109. The average Bonchev–Trinajstić information content (AvgIpc) is 3.05. The first-order valence-electron chi connectivity index (χ1n) is 13.2. The van der Waals surface area contributed by atoms with Gasteiger partial charge in [-0.05, 0) is 98.2 Å². The van der Waals surface area contributed by atoms with Gasteiger partial charge >= 0.3 is 0 Å².